The summed E-state index contributed by atoms with van der Waals surface area (Å²) in [6.45, 7) is 4.80. The highest BCUT2D eigenvalue weighted by molar-refractivity contribution is 7.17. The smallest absolute Gasteiger partial charge is 0.348 e. The number of piperazine rings is 1. The highest BCUT2D eigenvalue weighted by Gasteiger charge is 2.24. The van der Waals surface area contributed by atoms with Gasteiger partial charge >= 0.3 is 5.97 Å². The molecule has 0 aliphatic carbocycles. The number of aromatic nitrogens is 1. The largest absolute Gasteiger partial charge is 0.465 e. The minimum absolute atomic E-state index is 0.0739. The maximum Gasteiger partial charge on any atom is 0.348 e. The normalized spacial score (nSPS) is 14.9. The number of amides is 1. The second-order valence-corrected chi connectivity index (χ2v) is 6.52. The number of H-pyrrole nitrogens is 1. The molecule has 1 aliphatic rings. The number of hydrogen-bond donors (Lipinski definition) is 1. The van der Waals surface area contributed by atoms with Crippen LogP contribution in [0.2, 0.25) is 0 Å². The number of rotatable bonds is 3. The quantitative estimate of drug-likeness (QED) is 0.874. The van der Waals surface area contributed by atoms with E-state index in [-0.39, 0.29) is 11.9 Å². The zero-order valence-corrected chi connectivity index (χ0v) is 14.0. The van der Waals surface area contributed by atoms with Gasteiger partial charge in [0.15, 0.2) is 0 Å². The van der Waals surface area contributed by atoms with Crippen molar-refractivity contribution < 1.29 is 14.3 Å². The maximum absolute atomic E-state index is 12.5. The second-order valence-electron chi connectivity index (χ2n) is 5.46. The zero-order chi connectivity index (χ0) is 16.4. The van der Waals surface area contributed by atoms with E-state index in [2.05, 4.69) is 9.88 Å². The standard InChI is InChI=1S/C16H19N3O3S/c1-11-9-17-10-12(11)15(20)19-7-5-18(6-8-19)14-4-3-13(23-14)16(21)22-2/h3-4,9-10,17H,5-8H2,1-2H3. The molecule has 1 fully saturated rings. The summed E-state index contributed by atoms with van der Waals surface area (Å²) in [6.07, 6.45) is 3.59. The number of carbonyl (C=O) groups is 2. The van der Waals surface area contributed by atoms with Gasteiger partial charge in [-0.05, 0) is 24.6 Å². The van der Waals surface area contributed by atoms with Crippen LogP contribution in [-0.2, 0) is 4.74 Å². The van der Waals surface area contributed by atoms with Gasteiger partial charge in [0.2, 0.25) is 0 Å². The lowest BCUT2D eigenvalue weighted by Gasteiger charge is -2.35. The number of carbonyl (C=O) groups excluding carboxylic acids is 2. The van der Waals surface area contributed by atoms with E-state index in [0.717, 1.165) is 29.2 Å². The first-order valence-electron chi connectivity index (χ1n) is 7.46. The number of nitrogens with zero attached hydrogens (tertiary/aromatic N) is 2. The van der Waals surface area contributed by atoms with Gasteiger partial charge in [-0.25, -0.2) is 4.79 Å². The Labute approximate surface area is 138 Å². The van der Waals surface area contributed by atoms with Crippen molar-refractivity contribution in [3.05, 3.63) is 40.5 Å². The Kier molecular flexibility index (Phi) is 4.38. The fourth-order valence-electron chi connectivity index (χ4n) is 2.68. The average Bonchev–Trinajstić information content (AvgIpc) is 3.23. The molecule has 122 valence electrons. The van der Waals surface area contributed by atoms with Crippen molar-refractivity contribution in [3.63, 3.8) is 0 Å². The molecule has 6 nitrogen and oxygen atoms in total. The number of methoxy groups -OCH3 is 1. The summed E-state index contributed by atoms with van der Waals surface area (Å²) in [6, 6.07) is 3.72. The molecule has 0 radical (unpaired) electrons. The number of ether oxygens (including phenoxy) is 1. The SMILES string of the molecule is COC(=O)c1ccc(N2CCN(C(=O)c3c[nH]cc3C)CC2)s1. The molecule has 2 aromatic heterocycles. The minimum atomic E-state index is -0.307. The van der Waals surface area contributed by atoms with E-state index < -0.39 is 0 Å². The van der Waals surface area contributed by atoms with Crippen LogP contribution in [0.5, 0.6) is 0 Å². The van der Waals surface area contributed by atoms with Crippen LogP contribution in [0, 0.1) is 6.92 Å². The number of nitrogens with one attached hydrogen (secondary N) is 1. The van der Waals surface area contributed by atoms with Gasteiger partial charge in [0.25, 0.3) is 5.91 Å². The van der Waals surface area contributed by atoms with Crippen molar-refractivity contribution in [1.29, 1.82) is 0 Å². The van der Waals surface area contributed by atoms with E-state index in [1.807, 2.05) is 24.1 Å². The number of aryl methyl sites for hydroxylation is 1. The molecular weight excluding hydrogens is 314 g/mol. The number of anilines is 1. The minimum Gasteiger partial charge on any atom is -0.465 e. The van der Waals surface area contributed by atoms with Crippen LogP contribution in [0.1, 0.15) is 25.6 Å². The lowest BCUT2D eigenvalue weighted by molar-refractivity contribution is 0.0606. The Morgan fingerprint density at radius 3 is 2.52 bits per heavy atom. The third kappa shape index (κ3) is 3.10. The van der Waals surface area contributed by atoms with Crippen LogP contribution < -0.4 is 4.90 Å². The summed E-state index contributed by atoms with van der Waals surface area (Å²) in [4.78, 5) is 31.7. The summed E-state index contributed by atoms with van der Waals surface area (Å²) in [5.74, 6) is -0.233. The van der Waals surface area contributed by atoms with Crippen LogP contribution >= 0.6 is 11.3 Å². The van der Waals surface area contributed by atoms with Gasteiger partial charge in [-0.2, -0.15) is 0 Å². The highest BCUT2D eigenvalue weighted by Crippen LogP contribution is 2.27. The summed E-state index contributed by atoms with van der Waals surface area (Å²) in [5, 5.41) is 1.04. The number of thiophene rings is 1. The van der Waals surface area contributed by atoms with Gasteiger partial charge in [-0.1, -0.05) is 0 Å². The van der Waals surface area contributed by atoms with E-state index >= 15 is 0 Å². The molecule has 0 aromatic carbocycles. The first-order chi connectivity index (χ1) is 11.1. The average molecular weight is 333 g/mol. The lowest BCUT2D eigenvalue weighted by Crippen LogP contribution is -2.48. The molecule has 1 amide bonds. The maximum atomic E-state index is 12.5. The topological polar surface area (TPSA) is 65.6 Å². The molecule has 7 heteroatoms. The fourth-order valence-corrected chi connectivity index (χ4v) is 3.66. The summed E-state index contributed by atoms with van der Waals surface area (Å²) < 4.78 is 4.74. The Balaban J connectivity index is 1.62. The fraction of sp³-hybridized carbons (Fsp3) is 0.375. The lowest BCUT2D eigenvalue weighted by atomic mass is 10.2. The Morgan fingerprint density at radius 2 is 1.91 bits per heavy atom. The Morgan fingerprint density at radius 1 is 1.17 bits per heavy atom. The molecule has 0 spiro atoms. The first-order valence-corrected chi connectivity index (χ1v) is 8.27. The van der Waals surface area contributed by atoms with Crippen LogP contribution in [0.25, 0.3) is 0 Å². The molecule has 3 rings (SSSR count). The van der Waals surface area contributed by atoms with Crippen LogP contribution in [-0.4, -0.2) is 55.0 Å². The monoisotopic (exact) mass is 333 g/mol. The first kappa shape index (κ1) is 15.6. The zero-order valence-electron chi connectivity index (χ0n) is 13.2. The van der Waals surface area contributed by atoms with Crippen molar-refractivity contribution in [2.45, 2.75) is 6.92 Å². The predicted octanol–water partition coefficient (Wildman–Crippen LogP) is 2.13. The van der Waals surface area contributed by atoms with Gasteiger partial charge in [0.1, 0.15) is 4.88 Å². The number of esters is 1. The molecule has 2 aromatic rings. The van der Waals surface area contributed by atoms with E-state index in [4.69, 9.17) is 4.74 Å². The van der Waals surface area contributed by atoms with Crippen molar-refractivity contribution in [2.75, 3.05) is 38.2 Å². The molecule has 0 atom stereocenters. The van der Waals surface area contributed by atoms with Gasteiger partial charge in [-0.3, -0.25) is 4.79 Å². The Bertz CT molecular complexity index is 714. The Hall–Kier alpha value is -2.28. The molecule has 0 saturated carbocycles. The molecular formula is C16H19N3O3S. The van der Waals surface area contributed by atoms with Crippen LogP contribution in [0.15, 0.2) is 24.5 Å². The van der Waals surface area contributed by atoms with Crippen molar-refractivity contribution in [1.82, 2.24) is 9.88 Å². The second kappa shape index (κ2) is 6.45. The van der Waals surface area contributed by atoms with Crippen LogP contribution in [0.4, 0.5) is 5.00 Å². The summed E-state index contributed by atoms with van der Waals surface area (Å²) in [5.41, 5.74) is 1.71. The molecule has 3 heterocycles. The van der Waals surface area contributed by atoms with E-state index in [1.54, 1.807) is 12.3 Å². The number of aromatic amines is 1. The third-order valence-corrected chi connectivity index (χ3v) is 5.17. The molecule has 0 unspecified atom stereocenters. The van der Waals surface area contributed by atoms with Gasteiger partial charge in [0, 0.05) is 38.6 Å². The number of hydrogen-bond acceptors (Lipinski definition) is 5. The van der Waals surface area contributed by atoms with Crippen molar-refractivity contribution >= 4 is 28.2 Å². The van der Waals surface area contributed by atoms with Crippen LogP contribution in [0.3, 0.4) is 0 Å². The molecule has 1 saturated heterocycles. The van der Waals surface area contributed by atoms with Crippen molar-refractivity contribution in [3.8, 4) is 0 Å². The van der Waals surface area contributed by atoms with Gasteiger partial charge < -0.3 is 19.5 Å². The molecule has 1 aliphatic heterocycles. The summed E-state index contributed by atoms with van der Waals surface area (Å²) in [7, 11) is 1.38. The summed E-state index contributed by atoms with van der Waals surface area (Å²) >= 11 is 1.42. The predicted molar refractivity (Wildman–Crippen MR) is 89.3 cm³/mol. The van der Waals surface area contributed by atoms with E-state index in [1.165, 1.54) is 18.4 Å². The third-order valence-electron chi connectivity index (χ3n) is 4.04. The van der Waals surface area contributed by atoms with E-state index in [9.17, 15) is 9.59 Å². The highest BCUT2D eigenvalue weighted by atomic mass is 32.1. The molecule has 1 N–H and O–H groups in total. The molecule has 23 heavy (non-hydrogen) atoms. The van der Waals surface area contributed by atoms with E-state index in [0.29, 0.717) is 18.0 Å². The molecule has 0 bridgehead atoms. The van der Waals surface area contributed by atoms with Gasteiger partial charge in [0.05, 0.1) is 17.7 Å². The van der Waals surface area contributed by atoms with Gasteiger partial charge in [-0.15, -0.1) is 11.3 Å². The van der Waals surface area contributed by atoms with Crippen molar-refractivity contribution in [2.24, 2.45) is 0 Å².